The molecule has 1 N–H and O–H groups in total. The van der Waals surface area contributed by atoms with Crippen LogP contribution in [0.5, 0.6) is 0 Å². The molecule has 0 radical (unpaired) electrons. The Hall–Kier alpha value is -1.61. The quantitative estimate of drug-likeness (QED) is 0.856. The zero-order valence-electron chi connectivity index (χ0n) is 10.4. The Labute approximate surface area is 116 Å². The molecule has 4 heteroatoms. The maximum atomic E-state index is 12.2. The van der Waals surface area contributed by atoms with Crippen molar-refractivity contribution >= 4 is 23.3 Å². The summed E-state index contributed by atoms with van der Waals surface area (Å²) in [5.41, 5.74) is 2.44. The first-order chi connectivity index (χ1) is 9.16. The van der Waals surface area contributed by atoms with E-state index < -0.39 is 0 Å². The summed E-state index contributed by atoms with van der Waals surface area (Å²) in [7, 11) is 0. The van der Waals surface area contributed by atoms with E-state index in [1.165, 1.54) is 0 Å². The van der Waals surface area contributed by atoms with Crippen LogP contribution < -0.4 is 5.32 Å². The lowest BCUT2D eigenvalue weighted by Gasteiger charge is -2.31. The Morgan fingerprint density at radius 3 is 2.74 bits per heavy atom. The van der Waals surface area contributed by atoms with E-state index in [1.807, 2.05) is 18.2 Å². The van der Waals surface area contributed by atoms with Crippen molar-refractivity contribution in [3.63, 3.8) is 0 Å². The third kappa shape index (κ3) is 2.19. The van der Waals surface area contributed by atoms with Crippen molar-refractivity contribution in [3.05, 3.63) is 46.1 Å². The number of carbonyl (C=O) groups excluding carboxylic acids is 2. The van der Waals surface area contributed by atoms with Crippen LogP contribution >= 0.6 is 11.6 Å². The van der Waals surface area contributed by atoms with Gasteiger partial charge in [-0.3, -0.25) is 9.59 Å². The third-order valence-corrected chi connectivity index (χ3v) is 4.11. The minimum absolute atomic E-state index is 0.0293. The third-order valence-electron chi connectivity index (χ3n) is 3.77. The number of benzene rings is 1. The highest BCUT2D eigenvalue weighted by Gasteiger charge is 2.35. The van der Waals surface area contributed by atoms with Gasteiger partial charge in [0, 0.05) is 35.1 Å². The molecule has 1 aromatic carbocycles. The Morgan fingerprint density at radius 2 is 1.95 bits per heavy atom. The summed E-state index contributed by atoms with van der Waals surface area (Å²) in [6.07, 6.45) is 2.45. The predicted octanol–water partition coefficient (Wildman–Crippen LogP) is 2.95. The van der Waals surface area contributed by atoms with Gasteiger partial charge in [0.15, 0.2) is 5.78 Å². The fourth-order valence-electron chi connectivity index (χ4n) is 2.93. The molecular weight excluding hydrogens is 262 g/mol. The van der Waals surface area contributed by atoms with Crippen LogP contribution in [0.15, 0.2) is 35.5 Å². The molecule has 1 atom stereocenters. The minimum atomic E-state index is -0.190. The van der Waals surface area contributed by atoms with Crippen molar-refractivity contribution in [1.82, 2.24) is 5.32 Å². The number of nitrogens with one attached hydrogen (secondary N) is 1. The van der Waals surface area contributed by atoms with Gasteiger partial charge in [0.05, 0.1) is 0 Å². The van der Waals surface area contributed by atoms with Crippen LogP contribution in [0.25, 0.3) is 0 Å². The average molecular weight is 276 g/mol. The fourth-order valence-corrected chi connectivity index (χ4v) is 3.20. The number of halogens is 1. The van der Waals surface area contributed by atoms with Gasteiger partial charge >= 0.3 is 0 Å². The summed E-state index contributed by atoms with van der Waals surface area (Å²) in [6.45, 7) is 0. The van der Waals surface area contributed by atoms with Crippen molar-refractivity contribution in [2.24, 2.45) is 0 Å². The second-order valence-corrected chi connectivity index (χ2v) is 5.40. The van der Waals surface area contributed by atoms with Crippen molar-refractivity contribution < 1.29 is 9.59 Å². The fraction of sp³-hybridized carbons (Fsp3) is 0.333. The van der Waals surface area contributed by atoms with E-state index in [2.05, 4.69) is 5.32 Å². The van der Waals surface area contributed by atoms with E-state index in [9.17, 15) is 9.59 Å². The van der Waals surface area contributed by atoms with Gasteiger partial charge in [-0.05, 0) is 24.5 Å². The molecule has 3 nitrogen and oxygen atoms in total. The number of amides is 1. The van der Waals surface area contributed by atoms with Crippen LogP contribution in [0.3, 0.4) is 0 Å². The van der Waals surface area contributed by atoms with E-state index in [4.69, 9.17) is 11.6 Å². The van der Waals surface area contributed by atoms with Crippen LogP contribution in [0.4, 0.5) is 0 Å². The summed E-state index contributed by atoms with van der Waals surface area (Å²) in [5, 5.41) is 3.46. The van der Waals surface area contributed by atoms with Crippen molar-refractivity contribution in [2.45, 2.75) is 31.6 Å². The SMILES string of the molecule is O=C1CC(c2ccccc2Cl)C2=C(CCCC2=O)N1. The van der Waals surface area contributed by atoms with Crippen molar-refractivity contribution in [1.29, 1.82) is 0 Å². The molecular formula is C15H14ClNO2. The van der Waals surface area contributed by atoms with E-state index in [0.717, 1.165) is 29.7 Å². The van der Waals surface area contributed by atoms with E-state index in [0.29, 0.717) is 17.9 Å². The zero-order chi connectivity index (χ0) is 13.4. The summed E-state index contributed by atoms with van der Waals surface area (Å²) in [5.74, 6) is -0.0743. The van der Waals surface area contributed by atoms with Gasteiger partial charge in [-0.25, -0.2) is 0 Å². The number of allylic oxidation sites excluding steroid dienone is 2. The molecule has 19 heavy (non-hydrogen) atoms. The molecule has 0 fully saturated rings. The predicted molar refractivity (Wildman–Crippen MR) is 72.8 cm³/mol. The zero-order valence-corrected chi connectivity index (χ0v) is 11.2. The largest absolute Gasteiger partial charge is 0.329 e. The van der Waals surface area contributed by atoms with E-state index in [1.54, 1.807) is 6.07 Å². The molecule has 1 heterocycles. The van der Waals surface area contributed by atoms with Gasteiger partial charge < -0.3 is 5.32 Å². The first-order valence-corrected chi connectivity index (χ1v) is 6.85. The Balaban J connectivity index is 2.11. The lowest BCUT2D eigenvalue weighted by molar-refractivity contribution is -0.122. The molecule has 2 aliphatic rings. The molecule has 0 saturated carbocycles. The second-order valence-electron chi connectivity index (χ2n) is 5.00. The lowest BCUT2D eigenvalue weighted by Crippen LogP contribution is -2.36. The van der Waals surface area contributed by atoms with Crippen molar-refractivity contribution in [2.75, 3.05) is 0 Å². The normalized spacial score (nSPS) is 23.1. The van der Waals surface area contributed by atoms with Crippen LogP contribution in [0.2, 0.25) is 5.02 Å². The maximum absolute atomic E-state index is 12.2. The smallest absolute Gasteiger partial charge is 0.225 e. The van der Waals surface area contributed by atoms with E-state index in [-0.39, 0.29) is 17.6 Å². The Bertz CT molecular complexity index is 592. The van der Waals surface area contributed by atoms with Gasteiger partial charge in [0.2, 0.25) is 5.91 Å². The molecule has 0 saturated heterocycles. The van der Waals surface area contributed by atoms with Gasteiger partial charge in [0.25, 0.3) is 0 Å². The summed E-state index contributed by atoms with van der Waals surface area (Å²) < 4.78 is 0. The highest BCUT2D eigenvalue weighted by atomic mass is 35.5. The van der Waals surface area contributed by atoms with Gasteiger partial charge in [0.1, 0.15) is 0 Å². The molecule has 1 amide bonds. The summed E-state index contributed by atoms with van der Waals surface area (Å²) in [4.78, 5) is 24.0. The number of hydrogen-bond acceptors (Lipinski definition) is 2. The first kappa shape index (κ1) is 12.4. The Morgan fingerprint density at radius 1 is 1.16 bits per heavy atom. The van der Waals surface area contributed by atoms with Gasteiger partial charge in [-0.15, -0.1) is 0 Å². The molecule has 1 aromatic rings. The molecule has 1 aliphatic heterocycles. The number of hydrogen-bond donors (Lipinski definition) is 1. The number of ketones is 1. The van der Waals surface area contributed by atoms with Crippen LogP contribution in [-0.4, -0.2) is 11.7 Å². The standard InChI is InChI=1S/C15H14ClNO2/c16-11-5-2-1-4-9(11)10-8-14(19)17-12-6-3-7-13(18)15(10)12/h1-2,4-5,10H,3,6-8H2,(H,17,19). The van der Waals surface area contributed by atoms with E-state index >= 15 is 0 Å². The molecule has 3 rings (SSSR count). The summed E-state index contributed by atoms with van der Waals surface area (Å²) >= 11 is 6.22. The highest BCUT2D eigenvalue weighted by molar-refractivity contribution is 6.31. The molecule has 0 spiro atoms. The molecule has 0 bridgehead atoms. The lowest BCUT2D eigenvalue weighted by atomic mass is 9.78. The van der Waals surface area contributed by atoms with Gasteiger partial charge in [-0.1, -0.05) is 29.8 Å². The maximum Gasteiger partial charge on any atom is 0.225 e. The first-order valence-electron chi connectivity index (χ1n) is 6.47. The van der Waals surface area contributed by atoms with Gasteiger partial charge in [-0.2, -0.15) is 0 Å². The molecule has 0 aromatic heterocycles. The van der Waals surface area contributed by atoms with Crippen LogP contribution in [-0.2, 0) is 9.59 Å². The number of Topliss-reactive ketones (excluding diaryl/α,β-unsaturated/α-hetero) is 1. The van der Waals surface area contributed by atoms with Crippen LogP contribution in [0.1, 0.15) is 37.2 Å². The topological polar surface area (TPSA) is 46.2 Å². The minimum Gasteiger partial charge on any atom is -0.329 e. The Kier molecular flexibility index (Phi) is 3.15. The molecule has 1 unspecified atom stereocenters. The summed E-state index contributed by atoms with van der Waals surface area (Å²) in [6, 6.07) is 7.45. The number of rotatable bonds is 1. The average Bonchev–Trinajstić information content (AvgIpc) is 2.38. The number of carbonyl (C=O) groups is 2. The molecule has 1 aliphatic carbocycles. The van der Waals surface area contributed by atoms with Crippen molar-refractivity contribution in [3.8, 4) is 0 Å². The monoisotopic (exact) mass is 275 g/mol. The highest BCUT2D eigenvalue weighted by Crippen LogP contribution is 2.40. The molecule has 98 valence electrons. The van der Waals surface area contributed by atoms with Crippen LogP contribution in [0, 0.1) is 0 Å². The second kappa shape index (κ2) is 4.82.